The van der Waals surface area contributed by atoms with Gasteiger partial charge in [-0.2, -0.15) is 0 Å². The molecule has 1 aromatic heterocycles. The van der Waals surface area contributed by atoms with E-state index in [9.17, 15) is 9.90 Å². The normalized spacial score (nSPS) is 25.3. The van der Waals surface area contributed by atoms with Crippen LogP contribution >= 0.6 is 0 Å². The number of hydrogen-bond acceptors (Lipinski definition) is 4. The number of aliphatic hydroxyl groups is 1. The molecule has 3 rings (SSSR count). The second kappa shape index (κ2) is 7.09. The Morgan fingerprint density at radius 3 is 2.82 bits per heavy atom. The molecular formula is C17H24N2O3. The van der Waals surface area contributed by atoms with Gasteiger partial charge >= 0.3 is 0 Å². The molecule has 5 heteroatoms. The molecule has 2 unspecified atom stereocenters. The van der Waals surface area contributed by atoms with Crippen LogP contribution in [0.2, 0.25) is 0 Å². The lowest BCUT2D eigenvalue weighted by Gasteiger charge is -2.15. The molecule has 2 atom stereocenters. The highest BCUT2D eigenvalue weighted by atomic mass is 16.5. The van der Waals surface area contributed by atoms with Crippen LogP contribution in [0.5, 0.6) is 5.88 Å². The average Bonchev–Trinajstić information content (AvgIpc) is 3.17. The number of hydrogen-bond donors (Lipinski definition) is 2. The Bertz CT molecular complexity index is 514. The van der Waals surface area contributed by atoms with E-state index in [2.05, 4.69) is 10.3 Å². The summed E-state index contributed by atoms with van der Waals surface area (Å²) in [6.07, 6.45) is 8.60. The second-order valence-corrected chi connectivity index (χ2v) is 6.35. The van der Waals surface area contributed by atoms with Gasteiger partial charge in [0, 0.05) is 18.8 Å². The molecular weight excluding hydrogens is 280 g/mol. The van der Waals surface area contributed by atoms with Gasteiger partial charge in [0.05, 0.1) is 12.0 Å². The molecule has 2 saturated carbocycles. The summed E-state index contributed by atoms with van der Waals surface area (Å²) < 4.78 is 5.88. The Morgan fingerprint density at radius 1 is 1.27 bits per heavy atom. The summed E-state index contributed by atoms with van der Waals surface area (Å²) in [5, 5.41) is 12.7. The highest BCUT2D eigenvalue weighted by Crippen LogP contribution is 2.26. The zero-order valence-electron chi connectivity index (χ0n) is 12.8. The van der Waals surface area contributed by atoms with Crippen molar-refractivity contribution in [3.8, 4) is 5.88 Å². The topological polar surface area (TPSA) is 71.5 Å². The first kappa shape index (κ1) is 15.3. The van der Waals surface area contributed by atoms with Crippen molar-refractivity contribution in [1.82, 2.24) is 10.3 Å². The van der Waals surface area contributed by atoms with Crippen LogP contribution in [0.25, 0.3) is 0 Å². The van der Waals surface area contributed by atoms with Gasteiger partial charge in [0.1, 0.15) is 6.10 Å². The number of carbonyl (C=O) groups excluding carboxylic acids is 1. The lowest BCUT2D eigenvalue weighted by Crippen LogP contribution is -2.34. The minimum absolute atomic E-state index is 0.0555. The van der Waals surface area contributed by atoms with E-state index in [1.807, 2.05) is 12.1 Å². The van der Waals surface area contributed by atoms with Crippen molar-refractivity contribution in [3.05, 3.63) is 23.9 Å². The number of aromatic nitrogens is 1. The molecule has 5 nitrogen and oxygen atoms in total. The average molecular weight is 304 g/mol. The minimum atomic E-state index is -0.487. The van der Waals surface area contributed by atoms with E-state index in [-0.39, 0.29) is 17.9 Å². The van der Waals surface area contributed by atoms with E-state index in [4.69, 9.17) is 4.74 Å². The summed E-state index contributed by atoms with van der Waals surface area (Å²) in [5.74, 6) is 0.329. The van der Waals surface area contributed by atoms with E-state index in [1.54, 1.807) is 6.20 Å². The third-order valence-electron chi connectivity index (χ3n) is 4.67. The number of aliphatic hydroxyl groups excluding tert-OH is 1. The Hall–Kier alpha value is -1.62. The van der Waals surface area contributed by atoms with Crippen molar-refractivity contribution in [2.24, 2.45) is 5.92 Å². The molecule has 2 N–H and O–H groups in total. The molecule has 2 aliphatic rings. The Kier molecular flexibility index (Phi) is 4.93. The van der Waals surface area contributed by atoms with Crippen molar-refractivity contribution < 1.29 is 14.6 Å². The van der Waals surface area contributed by atoms with Gasteiger partial charge in [-0.3, -0.25) is 4.79 Å². The highest BCUT2D eigenvalue weighted by Gasteiger charge is 2.31. The van der Waals surface area contributed by atoms with E-state index in [0.29, 0.717) is 12.4 Å². The van der Waals surface area contributed by atoms with E-state index in [1.165, 1.54) is 12.8 Å². The van der Waals surface area contributed by atoms with Crippen LogP contribution in [0.1, 0.15) is 50.5 Å². The van der Waals surface area contributed by atoms with Crippen LogP contribution in [0, 0.1) is 5.92 Å². The maximum absolute atomic E-state index is 12.1. The van der Waals surface area contributed by atoms with E-state index in [0.717, 1.165) is 37.7 Å². The van der Waals surface area contributed by atoms with Gasteiger partial charge < -0.3 is 15.2 Å². The largest absolute Gasteiger partial charge is 0.474 e. The van der Waals surface area contributed by atoms with Gasteiger partial charge in [0.25, 0.3) is 0 Å². The molecule has 0 bridgehead atoms. The SMILES string of the molecule is O=C(NCc1ccnc(OC2CCCC2)c1)C1CCCC1O. The summed E-state index contributed by atoms with van der Waals surface area (Å²) in [6.45, 7) is 0.450. The predicted molar refractivity (Wildman–Crippen MR) is 82.3 cm³/mol. The Balaban J connectivity index is 1.52. The number of nitrogens with one attached hydrogen (secondary N) is 1. The van der Waals surface area contributed by atoms with Gasteiger partial charge in [0.2, 0.25) is 11.8 Å². The van der Waals surface area contributed by atoms with Crippen LogP contribution < -0.4 is 10.1 Å². The maximum Gasteiger partial charge on any atom is 0.225 e. The van der Waals surface area contributed by atoms with Crippen LogP contribution in [0.4, 0.5) is 0 Å². The fraction of sp³-hybridized carbons (Fsp3) is 0.647. The van der Waals surface area contributed by atoms with Crippen LogP contribution in [0.15, 0.2) is 18.3 Å². The highest BCUT2D eigenvalue weighted by molar-refractivity contribution is 5.79. The molecule has 0 spiro atoms. The zero-order chi connectivity index (χ0) is 15.4. The van der Waals surface area contributed by atoms with Crippen molar-refractivity contribution >= 4 is 5.91 Å². The Labute approximate surface area is 131 Å². The summed E-state index contributed by atoms with van der Waals surface area (Å²) in [4.78, 5) is 16.3. The molecule has 0 radical (unpaired) electrons. The van der Waals surface area contributed by atoms with Crippen LogP contribution in [-0.4, -0.2) is 28.2 Å². The lowest BCUT2D eigenvalue weighted by atomic mass is 10.1. The number of ether oxygens (including phenoxy) is 1. The number of carbonyl (C=O) groups is 1. The van der Waals surface area contributed by atoms with E-state index >= 15 is 0 Å². The van der Waals surface area contributed by atoms with Crippen molar-refractivity contribution in [1.29, 1.82) is 0 Å². The molecule has 1 amide bonds. The third kappa shape index (κ3) is 3.77. The molecule has 0 saturated heterocycles. The zero-order valence-corrected chi connectivity index (χ0v) is 12.8. The summed E-state index contributed by atoms with van der Waals surface area (Å²) in [7, 11) is 0. The standard InChI is InChI=1S/C17H24N2O3/c20-15-7-3-6-14(15)17(21)19-11-12-8-9-18-16(10-12)22-13-4-1-2-5-13/h8-10,13-15,20H,1-7,11H2,(H,19,21). The maximum atomic E-state index is 12.1. The van der Waals surface area contributed by atoms with Gasteiger partial charge in [0.15, 0.2) is 0 Å². The number of pyridine rings is 1. The molecule has 2 aliphatic carbocycles. The van der Waals surface area contributed by atoms with Crippen molar-refractivity contribution in [2.75, 3.05) is 0 Å². The smallest absolute Gasteiger partial charge is 0.225 e. The number of rotatable bonds is 5. The van der Waals surface area contributed by atoms with Gasteiger partial charge in [-0.15, -0.1) is 0 Å². The molecule has 1 aromatic rings. The third-order valence-corrected chi connectivity index (χ3v) is 4.67. The fourth-order valence-electron chi connectivity index (χ4n) is 3.37. The molecule has 1 heterocycles. The minimum Gasteiger partial charge on any atom is -0.474 e. The first-order valence-corrected chi connectivity index (χ1v) is 8.30. The van der Waals surface area contributed by atoms with Crippen LogP contribution in [0.3, 0.4) is 0 Å². The lowest BCUT2D eigenvalue weighted by molar-refractivity contribution is -0.127. The van der Waals surface area contributed by atoms with Crippen molar-refractivity contribution in [2.45, 2.75) is 63.7 Å². The summed E-state index contributed by atoms with van der Waals surface area (Å²) >= 11 is 0. The summed E-state index contributed by atoms with van der Waals surface area (Å²) in [5.41, 5.74) is 0.976. The van der Waals surface area contributed by atoms with Gasteiger partial charge in [-0.05, 0) is 56.6 Å². The van der Waals surface area contributed by atoms with E-state index < -0.39 is 6.10 Å². The van der Waals surface area contributed by atoms with Gasteiger partial charge in [-0.1, -0.05) is 0 Å². The number of amides is 1. The van der Waals surface area contributed by atoms with Crippen LogP contribution in [-0.2, 0) is 11.3 Å². The fourth-order valence-corrected chi connectivity index (χ4v) is 3.37. The number of nitrogens with zero attached hydrogens (tertiary/aromatic N) is 1. The first-order chi connectivity index (χ1) is 10.7. The molecule has 0 aromatic carbocycles. The first-order valence-electron chi connectivity index (χ1n) is 8.30. The molecule has 2 fully saturated rings. The molecule has 0 aliphatic heterocycles. The van der Waals surface area contributed by atoms with Gasteiger partial charge in [-0.25, -0.2) is 4.98 Å². The second-order valence-electron chi connectivity index (χ2n) is 6.35. The Morgan fingerprint density at radius 2 is 2.09 bits per heavy atom. The summed E-state index contributed by atoms with van der Waals surface area (Å²) in [6, 6.07) is 3.77. The monoisotopic (exact) mass is 304 g/mol. The predicted octanol–water partition coefficient (Wildman–Crippen LogP) is 2.18. The quantitative estimate of drug-likeness (QED) is 0.874. The molecule has 120 valence electrons. The molecule has 22 heavy (non-hydrogen) atoms. The van der Waals surface area contributed by atoms with Crippen molar-refractivity contribution in [3.63, 3.8) is 0 Å².